The lowest BCUT2D eigenvalue weighted by Crippen LogP contribution is -2.47. The van der Waals surface area contributed by atoms with E-state index in [9.17, 15) is 4.79 Å². The molecule has 0 radical (unpaired) electrons. The number of amides is 1. The first-order valence-corrected chi connectivity index (χ1v) is 6.89. The van der Waals surface area contributed by atoms with Crippen LogP contribution < -0.4 is 0 Å². The van der Waals surface area contributed by atoms with Crippen LogP contribution in [0.1, 0.15) is 47.0 Å². The highest BCUT2D eigenvalue weighted by atomic mass is 16.5. The van der Waals surface area contributed by atoms with Crippen LogP contribution in [0.15, 0.2) is 0 Å². The Kier molecular flexibility index (Phi) is 2.20. The zero-order chi connectivity index (χ0) is 12.4. The van der Waals surface area contributed by atoms with Gasteiger partial charge in [-0.2, -0.15) is 0 Å². The summed E-state index contributed by atoms with van der Waals surface area (Å²) in [5, 5.41) is 0. The van der Waals surface area contributed by atoms with Crippen LogP contribution in [0, 0.1) is 17.3 Å². The molecule has 3 fully saturated rings. The minimum Gasteiger partial charge on any atom is -0.353 e. The molecule has 4 atom stereocenters. The van der Waals surface area contributed by atoms with Gasteiger partial charge in [-0.15, -0.1) is 0 Å². The number of hydrogen-bond acceptors (Lipinski definition) is 2. The Balaban J connectivity index is 2.03. The van der Waals surface area contributed by atoms with Gasteiger partial charge in [0.05, 0.1) is 18.1 Å². The van der Waals surface area contributed by atoms with Gasteiger partial charge in [-0.1, -0.05) is 27.2 Å². The first kappa shape index (κ1) is 11.5. The van der Waals surface area contributed by atoms with E-state index in [1.807, 2.05) is 0 Å². The Morgan fingerprint density at radius 1 is 1.41 bits per heavy atom. The fraction of sp³-hybridized carbons (Fsp3) is 0.929. The Labute approximate surface area is 104 Å². The second-order valence-electron chi connectivity index (χ2n) is 6.71. The van der Waals surface area contributed by atoms with Crippen molar-refractivity contribution in [1.82, 2.24) is 4.90 Å². The molecule has 0 unspecified atom stereocenters. The average Bonchev–Trinajstić information content (AvgIpc) is 2.83. The summed E-state index contributed by atoms with van der Waals surface area (Å²) in [6.07, 6.45) is 3.35. The Bertz CT molecular complexity index is 367. The molecule has 1 aliphatic carbocycles. The van der Waals surface area contributed by atoms with E-state index in [2.05, 4.69) is 32.6 Å². The van der Waals surface area contributed by atoms with Gasteiger partial charge in [-0.25, -0.2) is 0 Å². The monoisotopic (exact) mass is 237 g/mol. The molecule has 0 aromatic carbocycles. The van der Waals surface area contributed by atoms with Gasteiger partial charge < -0.3 is 9.64 Å². The molecule has 2 aliphatic heterocycles. The molecular weight excluding hydrogens is 214 g/mol. The average molecular weight is 237 g/mol. The molecular formula is C14H23NO2. The van der Waals surface area contributed by atoms with E-state index in [0.29, 0.717) is 24.3 Å². The molecule has 17 heavy (non-hydrogen) atoms. The molecule has 0 bridgehead atoms. The fourth-order valence-electron chi connectivity index (χ4n) is 4.40. The van der Waals surface area contributed by atoms with Crippen LogP contribution in [0.5, 0.6) is 0 Å². The van der Waals surface area contributed by atoms with E-state index in [1.165, 1.54) is 6.42 Å². The van der Waals surface area contributed by atoms with Crippen LogP contribution in [0.25, 0.3) is 0 Å². The summed E-state index contributed by atoms with van der Waals surface area (Å²) in [5.74, 6) is 1.22. The van der Waals surface area contributed by atoms with Crippen molar-refractivity contribution in [2.24, 2.45) is 17.3 Å². The molecule has 3 heteroatoms. The van der Waals surface area contributed by atoms with Crippen molar-refractivity contribution in [3.63, 3.8) is 0 Å². The Morgan fingerprint density at radius 3 is 2.76 bits per heavy atom. The minimum absolute atomic E-state index is 0.150. The van der Waals surface area contributed by atoms with Crippen LogP contribution >= 0.6 is 0 Å². The summed E-state index contributed by atoms with van der Waals surface area (Å²) in [6, 6.07) is 0.273. The summed E-state index contributed by atoms with van der Waals surface area (Å²) in [4.78, 5) is 14.8. The van der Waals surface area contributed by atoms with E-state index in [0.717, 1.165) is 12.8 Å². The number of fused-ring (bicyclic) bond motifs is 3. The van der Waals surface area contributed by atoms with Crippen molar-refractivity contribution in [2.45, 2.75) is 58.7 Å². The lowest BCUT2D eigenvalue weighted by Gasteiger charge is -2.34. The summed E-state index contributed by atoms with van der Waals surface area (Å²) < 4.78 is 6.09. The van der Waals surface area contributed by atoms with Crippen LogP contribution in [-0.4, -0.2) is 29.2 Å². The van der Waals surface area contributed by atoms with Gasteiger partial charge in [-0.3, -0.25) is 4.79 Å². The minimum atomic E-state index is -0.322. The highest BCUT2D eigenvalue weighted by Crippen LogP contribution is 2.60. The van der Waals surface area contributed by atoms with Crippen molar-refractivity contribution >= 4 is 5.91 Å². The molecule has 96 valence electrons. The van der Waals surface area contributed by atoms with Gasteiger partial charge in [0.25, 0.3) is 0 Å². The molecule has 0 N–H and O–H groups in total. The van der Waals surface area contributed by atoms with Crippen molar-refractivity contribution in [3.8, 4) is 0 Å². The second-order valence-corrected chi connectivity index (χ2v) is 6.71. The molecule has 0 aromatic heterocycles. The number of hydrogen-bond donors (Lipinski definition) is 0. The van der Waals surface area contributed by atoms with Crippen LogP contribution in [0.2, 0.25) is 0 Å². The van der Waals surface area contributed by atoms with Gasteiger partial charge in [0.2, 0.25) is 5.91 Å². The first-order valence-electron chi connectivity index (χ1n) is 6.89. The Hall–Kier alpha value is -0.570. The first-order chi connectivity index (χ1) is 7.91. The quantitative estimate of drug-likeness (QED) is 0.701. The maximum Gasteiger partial charge on any atom is 0.231 e. The lowest BCUT2D eigenvalue weighted by atomic mass is 9.78. The number of nitrogens with zero attached hydrogens (tertiary/aromatic N) is 1. The summed E-state index contributed by atoms with van der Waals surface area (Å²) in [6.45, 7) is 9.37. The SMILES string of the molecule is CC(C)[C@H]1CO[C@]2(C)[C@@H]3CCC[C@]3(C)C(=O)N12. The third-order valence-corrected chi connectivity index (χ3v) is 5.44. The van der Waals surface area contributed by atoms with E-state index < -0.39 is 0 Å². The lowest BCUT2D eigenvalue weighted by molar-refractivity contribution is -0.142. The van der Waals surface area contributed by atoms with Crippen LogP contribution in [0.4, 0.5) is 0 Å². The third kappa shape index (κ3) is 1.19. The van der Waals surface area contributed by atoms with Crippen molar-refractivity contribution in [1.29, 1.82) is 0 Å². The maximum atomic E-state index is 12.8. The van der Waals surface area contributed by atoms with E-state index in [4.69, 9.17) is 4.74 Å². The largest absolute Gasteiger partial charge is 0.353 e. The summed E-state index contributed by atoms with van der Waals surface area (Å²) in [7, 11) is 0. The molecule has 2 heterocycles. The number of ether oxygens (including phenoxy) is 1. The summed E-state index contributed by atoms with van der Waals surface area (Å²) >= 11 is 0. The predicted molar refractivity (Wildman–Crippen MR) is 65.3 cm³/mol. The normalized spacial score (nSPS) is 49.0. The molecule has 1 amide bonds. The maximum absolute atomic E-state index is 12.8. The van der Waals surface area contributed by atoms with Crippen molar-refractivity contribution in [3.05, 3.63) is 0 Å². The standard InChI is InChI=1S/C14H23NO2/c1-9(2)10-8-17-14(4)11-6-5-7-13(11,3)12(16)15(10)14/h9-11H,5-8H2,1-4H3/t10-,11-,13+,14-/m1/s1. The smallest absolute Gasteiger partial charge is 0.231 e. The van der Waals surface area contributed by atoms with Gasteiger partial charge >= 0.3 is 0 Å². The van der Waals surface area contributed by atoms with E-state index in [-0.39, 0.29) is 17.2 Å². The predicted octanol–water partition coefficient (Wildman–Crippen LogP) is 2.41. The topological polar surface area (TPSA) is 29.5 Å². The van der Waals surface area contributed by atoms with Gasteiger partial charge in [0.1, 0.15) is 5.72 Å². The van der Waals surface area contributed by atoms with Crippen molar-refractivity contribution < 1.29 is 9.53 Å². The fourth-order valence-corrected chi connectivity index (χ4v) is 4.40. The number of rotatable bonds is 1. The molecule has 1 saturated carbocycles. The zero-order valence-corrected chi connectivity index (χ0v) is 11.3. The van der Waals surface area contributed by atoms with Crippen molar-refractivity contribution in [2.75, 3.05) is 6.61 Å². The van der Waals surface area contributed by atoms with Gasteiger partial charge in [0, 0.05) is 5.92 Å². The van der Waals surface area contributed by atoms with Crippen LogP contribution in [-0.2, 0) is 9.53 Å². The highest BCUT2D eigenvalue weighted by molar-refractivity contribution is 5.87. The Morgan fingerprint density at radius 2 is 2.12 bits per heavy atom. The van der Waals surface area contributed by atoms with Gasteiger partial charge in [0.15, 0.2) is 0 Å². The number of carbonyl (C=O) groups is 1. The molecule has 3 aliphatic rings. The molecule has 0 spiro atoms. The molecule has 3 nitrogen and oxygen atoms in total. The molecule has 2 saturated heterocycles. The van der Waals surface area contributed by atoms with E-state index >= 15 is 0 Å². The van der Waals surface area contributed by atoms with Gasteiger partial charge in [-0.05, 0) is 25.7 Å². The summed E-state index contributed by atoms with van der Waals surface area (Å²) in [5.41, 5.74) is -0.473. The highest BCUT2D eigenvalue weighted by Gasteiger charge is 2.68. The van der Waals surface area contributed by atoms with Crippen LogP contribution in [0.3, 0.4) is 0 Å². The zero-order valence-electron chi connectivity index (χ0n) is 11.3. The second kappa shape index (κ2) is 3.25. The number of carbonyl (C=O) groups excluding carboxylic acids is 1. The van der Waals surface area contributed by atoms with E-state index in [1.54, 1.807) is 0 Å². The molecule has 0 aromatic rings. The molecule has 3 rings (SSSR count). The third-order valence-electron chi connectivity index (χ3n) is 5.44.